The van der Waals surface area contributed by atoms with Gasteiger partial charge in [-0.3, -0.25) is 0 Å². The lowest BCUT2D eigenvalue weighted by molar-refractivity contribution is 0.0175. The molecule has 1 rings (SSSR count). The molecule has 5 nitrogen and oxygen atoms in total. The summed E-state index contributed by atoms with van der Waals surface area (Å²) in [6.45, 7) is 6.30. The Morgan fingerprint density at radius 1 is 1.50 bits per heavy atom. The van der Waals surface area contributed by atoms with Gasteiger partial charge in [0.15, 0.2) is 11.0 Å². The second-order valence-corrected chi connectivity index (χ2v) is 5.02. The first-order valence-electron chi connectivity index (χ1n) is 6.06. The molecule has 2 atom stereocenters. The Hall–Kier alpha value is -1.07. The number of hydrogen-bond acceptors (Lipinski definition) is 5. The van der Waals surface area contributed by atoms with Gasteiger partial charge in [-0.25, -0.2) is 9.97 Å². The Labute approximate surface area is 113 Å². The maximum Gasteiger partial charge on any atom is 0.157 e. The van der Waals surface area contributed by atoms with Crippen LogP contribution in [0.5, 0.6) is 0 Å². The highest BCUT2D eigenvalue weighted by Crippen LogP contribution is 2.27. The standard InChI is InChI=1S/C12H21ClN4O/c1-5-8(2)12(3,18)6-15-11-9(14-4)10(13)16-7-17-11/h7-8,14,18H,5-6H2,1-4H3,(H,15,16,17). The summed E-state index contributed by atoms with van der Waals surface area (Å²) in [4.78, 5) is 8.01. The Balaban J connectivity index is 2.78. The molecule has 1 heterocycles. The Morgan fingerprint density at radius 3 is 2.72 bits per heavy atom. The van der Waals surface area contributed by atoms with E-state index in [2.05, 4.69) is 27.5 Å². The normalized spacial score (nSPS) is 15.9. The van der Waals surface area contributed by atoms with Gasteiger partial charge in [0.1, 0.15) is 12.0 Å². The minimum Gasteiger partial charge on any atom is -0.388 e. The van der Waals surface area contributed by atoms with Crippen molar-refractivity contribution in [3.05, 3.63) is 11.5 Å². The van der Waals surface area contributed by atoms with Crippen LogP contribution in [0, 0.1) is 5.92 Å². The molecule has 6 heteroatoms. The van der Waals surface area contributed by atoms with E-state index in [1.54, 1.807) is 7.05 Å². The minimum absolute atomic E-state index is 0.195. The van der Waals surface area contributed by atoms with Crippen LogP contribution in [0.2, 0.25) is 5.15 Å². The lowest BCUT2D eigenvalue weighted by atomic mass is 9.89. The first-order valence-corrected chi connectivity index (χ1v) is 6.44. The average Bonchev–Trinajstić information content (AvgIpc) is 2.35. The predicted molar refractivity (Wildman–Crippen MR) is 75.2 cm³/mol. The number of aromatic nitrogens is 2. The third-order valence-corrected chi connectivity index (χ3v) is 3.63. The lowest BCUT2D eigenvalue weighted by Gasteiger charge is -2.30. The third-order valence-electron chi connectivity index (χ3n) is 3.34. The van der Waals surface area contributed by atoms with Crippen molar-refractivity contribution in [3.63, 3.8) is 0 Å². The second kappa shape index (κ2) is 6.20. The van der Waals surface area contributed by atoms with Crippen molar-refractivity contribution in [2.45, 2.75) is 32.8 Å². The van der Waals surface area contributed by atoms with Crippen molar-refractivity contribution in [3.8, 4) is 0 Å². The molecule has 0 aliphatic carbocycles. The summed E-state index contributed by atoms with van der Waals surface area (Å²) in [5.41, 5.74) is -0.156. The minimum atomic E-state index is -0.794. The molecule has 0 aliphatic heterocycles. The van der Waals surface area contributed by atoms with Crippen molar-refractivity contribution in [1.82, 2.24) is 9.97 Å². The molecule has 0 bridgehead atoms. The smallest absolute Gasteiger partial charge is 0.157 e. The number of aliphatic hydroxyl groups is 1. The van der Waals surface area contributed by atoms with Crippen LogP contribution in [0.25, 0.3) is 0 Å². The molecule has 0 spiro atoms. The van der Waals surface area contributed by atoms with Crippen LogP contribution in [0.4, 0.5) is 11.5 Å². The molecule has 0 amide bonds. The van der Waals surface area contributed by atoms with E-state index in [1.807, 2.05) is 13.8 Å². The van der Waals surface area contributed by atoms with Crippen molar-refractivity contribution in [2.24, 2.45) is 5.92 Å². The van der Waals surface area contributed by atoms with E-state index in [0.29, 0.717) is 23.2 Å². The molecular formula is C12H21ClN4O. The first-order chi connectivity index (χ1) is 8.42. The highest BCUT2D eigenvalue weighted by atomic mass is 35.5. The SMILES string of the molecule is CCC(C)C(C)(O)CNc1ncnc(Cl)c1NC. The fourth-order valence-corrected chi connectivity index (χ4v) is 1.82. The first kappa shape index (κ1) is 15.0. The van der Waals surface area contributed by atoms with Gasteiger partial charge in [-0.15, -0.1) is 0 Å². The summed E-state index contributed by atoms with van der Waals surface area (Å²) in [7, 11) is 1.75. The van der Waals surface area contributed by atoms with Crippen LogP contribution in [0.1, 0.15) is 27.2 Å². The van der Waals surface area contributed by atoms with E-state index in [9.17, 15) is 5.11 Å². The Kier molecular flexibility index (Phi) is 5.16. The van der Waals surface area contributed by atoms with Crippen LogP contribution in [0.3, 0.4) is 0 Å². The monoisotopic (exact) mass is 272 g/mol. The highest BCUT2D eigenvalue weighted by molar-refractivity contribution is 6.32. The molecule has 0 saturated heterocycles. The van der Waals surface area contributed by atoms with Gasteiger partial charge in [-0.2, -0.15) is 0 Å². The van der Waals surface area contributed by atoms with Gasteiger partial charge in [0.05, 0.1) is 5.60 Å². The number of hydrogen-bond donors (Lipinski definition) is 3. The van der Waals surface area contributed by atoms with E-state index >= 15 is 0 Å². The molecule has 1 aromatic heterocycles. The number of nitrogens with zero attached hydrogens (tertiary/aromatic N) is 2. The number of nitrogens with one attached hydrogen (secondary N) is 2. The van der Waals surface area contributed by atoms with Gasteiger partial charge >= 0.3 is 0 Å². The maximum absolute atomic E-state index is 10.3. The van der Waals surface area contributed by atoms with Crippen LogP contribution < -0.4 is 10.6 Å². The van der Waals surface area contributed by atoms with Gasteiger partial charge in [-0.05, 0) is 12.8 Å². The topological polar surface area (TPSA) is 70.1 Å². The summed E-state index contributed by atoms with van der Waals surface area (Å²) in [5, 5.41) is 16.7. The second-order valence-electron chi connectivity index (χ2n) is 4.66. The molecule has 0 radical (unpaired) electrons. The van der Waals surface area contributed by atoms with Crippen LogP contribution in [-0.2, 0) is 0 Å². The van der Waals surface area contributed by atoms with Crippen LogP contribution in [0.15, 0.2) is 6.33 Å². The average molecular weight is 273 g/mol. The van der Waals surface area contributed by atoms with Gasteiger partial charge in [0.25, 0.3) is 0 Å². The third kappa shape index (κ3) is 3.46. The van der Waals surface area contributed by atoms with Gasteiger partial charge in [-0.1, -0.05) is 31.9 Å². The largest absolute Gasteiger partial charge is 0.388 e. The summed E-state index contributed by atoms with van der Waals surface area (Å²) in [6, 6.07) is 0. The molecular weight excluding hydrogens is 252 g/mol. The molecule has 1 aromatic rings. The summed E-state index contributed by atoms with van der Waals surface area (Å²) < 4.78 is 0. The molecule has 0 saturated carbocycles. The van der Waals surface area contributed by atoms with Crippen molar-refractivity contribution in [1.29, 1.82) is 0 Å². The van der Waals surface area contributed by atoms with Crippen molar-refractivity contribution >= 4 is 23.1 Å². The van der Waals surface area contributed by atoms with E-state index < -0.39 is 5.60 Å². The number of anilines is 2. The molecule has 102 valence electrons. The lowest BCUT2D eigenvalue weighted by Crippen LogP contribution is -2.40. The van der Waals surface area contributed by atoms with Gasteiger partial charge in [0, 0.05) is 13.6 Å². The summed E-state index contributed by atoms with van der Waals surface area (Å²) in [6.07, 6.45) is 2.31. The molecule has 0 aromatic carbocycles. The molecule has 2 unspecified atom stereocenters. The summed E-state index contributed by atoms with van der Waals surface area (Å²) in [5.74, 6) is 0.793. The van der Waals surface area contributed by atoms with E-state index in [1.165, 1.54) is 6.33 Å². The highest BCUT2D eigenvalue weighted by Gasteiger charge is 2.27. The van der Waals surface area contributed by atoms with Crippen LogP contribution in [-0.4, -0.2) is 34.3 Å². The molecule has 18 heavy (non-hydrogen) atoms. The summed E-state index contributed by atoms with van der Waals surface area (Å²) >= 11 is 5.95. The fraction of sp³-hybridized carbons (Fsp3) is 0.667. The molecule has 0 fully saturated rings. The van der Waals surface area contributed by atoms with Gasteiger partial charge in [0.2, 0.25) is 0 Å². The zero-order valence-corrected chi connectivity index (χ0v) is 12.0. The zero-order chi connectivity index (χ0) is 13.8. The Morgan fingerprint density at radius 2 is 2.17 bits per heavy atom. The fourth-order valence-electron chi connectivity index (χ4n) is 1.60. The number of halogens is 1. The molecule has 0 aliphatic rings. The predicted octanol–water partition coefficient (Wildman–Crippen LogP) is 2.38. The Bertz CT molecular complexity index is 398. The van der Waals surface area contributed by atoms with E-state index in [0.717, 1.165) is 6.42 Å². The van der Waals surface area contributed by atoms with Gasteiger partial charge < -0.3 is 15.7 Å². The van der Waals surface area contributed by atoms with Crippen molar-refractivity contribution < 1.29 is 5.11 Å². The van der Waals surface area contributed by atoms with Crippen molar-refractivity contribution in [2.75, 3.05) is 24.2 Å². The number of rotatable bonds is 6. The van der Waals surface area contributed by atoms with E-state index in [4.69, 9.17) is 11.6 Å². The quantitative estimate of drug-likeness (QED) is 0.694. The molecule has 3 N–H and O–H groups in total. The van der Waals surface area contributed by atoms with Crippen LogP contribution >= 0.6 is 11.6 Å². The van der Waals surface area contributed by atoms with E-state index in [-0.39, 0.29) is 5.92 Å². The maximum atomic E-state index is 10.3. The zero-order valence-electron chi connectivity index (χ0n) is 11.3.